The molecule has 116 valence electrons. The number of hydrogen-bond donors (Lipinski definition) is 2. The van der Waals surface area contributed by atoms with Crippen molar-refractivity contribution in [3.63, 3.8) is 0 Å². The number of pyridine rings is 1. The molecule has 1 aromatic carbocycles. The van der Waals surface area contributed by atoms with E-state index in [0.717, 1.165) is 22.1 Å². The van der Waals surface area contributed by atoms with Crippen LogP contribution in [0, 0.1) is 6.92 Å². The Balaban J connectivity index is 1.62. The van der Waals surface area contributed by atoms with Crippen LogP contribution in [0.2, 0.25) is 0 Å². The van der Waals surface area contributed by atoms with Crippen molar-refractivity contribution in [1.82, 2.24) is 15.8 Å². The van der Waals surface area contributed by atoms with E-state index in [2.05, 4.69) is 15.8 Å². The molecule has 0 fully saturated rings. The van der Waals surface area contributed by atoms with Crippen molar-refractivity contribution in [2.45, 2.75) is 13.3 Å². The van der Waals surface area contributed by atoms with Crippen molar-refractivity contribution in [2.24, 2.45) is 0 Å². The lowest BCUT2D eigenvalue weighted by Crippen LogP contribution is -2.42. The van der Waals surface area contributed by atoms with Crippen LogP contribution < -0.4 is 10.9 Å². The van der Waals surface area contributed by atoms with Crippen molar-refractivity contribution in [3.05, 3.63) is 65.7 Å². The van der Waals surface area contributed by atoms with Gasteiger partial charge in [-0.05, 0) is 30.7 Å². The zero-order valence-electron chi connectivity index (χ0n) is 12.5. The van der Waals surface area contributed by atoms with Gasteiger partial charge in [-0.3, -0.25) is 25.4 Å². The van der Waals surface area contributed by atoms with Crippen molar-refractivity contribution in [2.75, 3.05) is 0 Å². The second-order valence-electron chi connectivity index (χ2n) is 5.15. The smallest absolute Gasteiger partial charge is 0.288 e. The van der Waals surface area contributed by atoms with Crippen molar-refractivity contribution >= 4 is 22.8 Å². The molecule has 6 heteroatoms. The zero-order valence-corrected chi connectivity index (χ0v) is 12.5. The van der Waals surface area contributed by atoms with Gasteiger partial charge in [0.25, 0.3) is 5.91 Å². The highest BCUT2D eigenvalue weighted by molar-refractivity contribution is 5.94. The average Bonchev–Trinajstić information content (AvgIpc) is 2.95. The number of nitrogens with one attached hydrogen (secondary N) is 2. The van der Waals surface area contributed by atoms with Gasteiger partial charge in [0.2, 0.25) is 5.91 Å². The molecule has 0 atom stereocenters. The second kappa shape index (κ2) is 6.31. The topological polar surface area (TPSA) is 84.2 Å². The lowest BCUT2D eigenvalue weighted by Gasteiger charge is -2.06. The second-order valence-corrected chi connectivity index (χ2v) is 5.15. The van der Waals surface area contributed by atoms with Gasteiger partial charge in [0.15, 0.2) is 0 Å². The Morgan fingerprint density at radius 3 is 2.83 bits per heavy atom. The molecular weight excluding hydrogens is 294 g/mol. The van der Waals surface area contributed by atoms with Crippen molar-refractivity contribution < 1.29 is 14.0 Å². The minimum Gasteiger partial charge on any atom is -0.464 e. The lowest BCUT2D eigenvalue weighted by molar-refractivity contribution is -0.121. The number of furan rings is 1. The van der Waals surface area contributed by atoms with Gasteiger partial charge in [-0.2, -0.15) is 0 Å². The van der Waals surface area contributed by atoms with E-state index < -0.39 is 5.91 Å². The number of hydrazine groups is 1. The average molecular weight is 309 g/mol. The Bertz CT molecular complexity index is 856. The number of benzene rings is 1. The van der Waals surface area contributed by atoms with Gasteiger partial charge in [0.05, 0.1) is 12.7 Å². The third-order valence-corrected chi connectivity index (χ3v) is 3.38. The molecule has 6 nitrogen and oxygen atoms in total. The molecule has 0 aliphatic heterocycles. The van der Waals surface area contributed by atoms with E-state index in [1.54, 1.807) is 24.5 Å². The minimum absolute atomic E-state index is 0.110. The number of aromatic nitrogens is 1. The molecule has 0 spiro atoms. The van der Waals surface area contributed by atoms with E-state index in [1.165, 1.54) is 6.20 Å². The Kier molecular flexibility index (Phi) is 4.05. The molecule has 2 aromatic heterocycles. The van der Waals surface area contributed by atoms with Crippen LogP contribution in [0.5, 0.6) is 0 Å². The van der Waals surface area contributed by atoms with Crippen LogP contribution in [0.15, 0.2) is 53.3 Å². The van der Waals surface area contributed by atoms with Gasteiger partial charge in [-0.15, -0.1) is 0 Å². The highest BCUT2D eigenvalue weighted by atomic mass is 16.3. The summed E-state index contributed by atoms with van der Waals surface area (Å²) >= 11 is 0. The van der Waals surface area contributed by atoms with E-state index in [-0.39, 0.29) is 18.0 Å². The van der Waals surface area contributed by atoms with Crippen LogP contribution in [0.25, 0.3) is 11.0 Å². The van der Waals surface area contributed by atoms with E-state index in [1.807, 2.05) is 25.1 Å². The van der Waals surface area contributed by atoms with Gasteiger partial charge in [-0.1, -0.05) is 18.2 Å². The summed E-state index contributed by atoms with van der Waals surface area (Å²) in [5.41, 5.74) is 7.54. The number of carbonyl (C=O) groups excluding carboxylic acids is 2. The fourth-order valence-corrected chi connectivity index (χ4v) is 2.23. The molecule has 0 saturated heterocycles. The first-order valence-electron chi connectivity index (χ1n) is 7.10. The van der Waals surface area contributed by atoms with Crippen LogP contribution in [-0.2, 0) is 11.2 Å². The molecule has 0 aliphatic rings. The molecule has 2 amide bonds. The Hall–Kier alpha value is -3.15. The summed E-state index contributed by atoms with van der Waals surface area (Å²) in [5.74, 6) is -0.802. The number of aryl methyl sites for hydroxylation is 1. The van der Waals surface area contributed by atoms with Gasteiger partial charge in [0.1, 0.15) is 11.3 Å². The number of amides is 2. The van der Waals surface area contributed by atoms with E-state index in [0.29, 0.717) is 0 Å². The maximum Gasteiger partial charge on any atom is 0.288 e. The maximum absolute atomic E-state index is 12.0. The zero-order chi connectivity index (χ0) is 16.2. The van der Waals surface area contributed by atoms with Gasteiger partial charge < -0.3 is 4.42 Å². The van der Waals surface area contributed by atoms with E-state index in [4.69, 9.17) is 4.42 Å². The normalized spacial score (nSPS) is 10.5. The van der Waals surface area contributed by atoms with Gasteiger partial charge in [-0.25, -0.2) is 0 Å². The van der Waals surface area contributed by atoms with E-state index in [9.17, 15) is 9.59 Å². The standard InChI is InChI=1S/C17H15N3O3/c1-11-5-6-13-12(10-23-15(13)8-11)9-16(21)19-20-17(22)14-4-2-3-7-18-14/h2-8,10H,9H2,1H3,(H,19,21)(H,20,22). The predicted molar refractivity (Wildman–Crippen MR) is 84.5 cm³/mol. The molecule has 0 saturated carbocycles. The predicted octanol–water partition coefficient (Wildman–Crippen LogP) is 2.14. The van der Waals surface area contributed by atoms with Crippen LogP contribution >= 0.6 is 0 Å². The third kappa shape index (κ3) is 3.37. The number of hydrogen-bond acceptors (Lipinski definition) is 4. The highest BCUT2D eigenvalue weighted by Gasteiger charge is 2.12. The van der Waals surface area contributed by atoms with Crippen LogP contribution in [-0.4, -0.2) is 16.8 Å². The molecule has 0 unspecified atom stereocenters. The summed E-state index contributed by atoms with van der Waals surface area (Å²) in [4.78, 5) is 27.7. The monoisotopic (exact) mass is 309 g/mol. The summed E-state index contributed by atoms with van der Waals surface area (Å²) in [6, 6.07) is 10.8. The fraction of sp³-hybridized carbons (Fsp3) is 0.118. The summed E-state index contributed by atoms with van der Waals surface area (Å²) in [6.45, 7) is 1.97. The number of carbonyl (C=O) groups is 2. The number of fused-ring (bicyclic) bond motifs is 1. The Labute approximate surface area is 132 Å². The molecule has 3 aromatic rings. The van der Waals surface area contributed by atoms with Crippen LogP contribution in [0.1, 0.15) is 21.6 Å². The maximum atomic E-state index is 12.0. The largest absolute Gasteiger partial charge is 0.464 e. The summed E-state index contributed by atoms with van der Waals surface area (Å²) < 4.78 is 5.45. The van der Waals surface area contributed by atoms with Crippen LogP contribution in [0.3, 0.4) is 0 Å². The quantitative estimate of drug-likeness (QED) is 0.726. The first-order valence-corrected chi connectivity index (χ1v) is 7.10. The number of rotatable bonds is 3. The van der Waals surface area contributed by atoms with Crippen molar-refractivity contribution in [3.8, 4) is 0 Å². The van der Waals surface area contributed by atoms with Crippen molar-refractivity contribution in [1.29, 1.82) is 0 Å². The lowest BCUT2D eigenvalue weighted by atomic mass is 10.1. The molecule has 2 N–H and O–H groups in total. The summed E-state index contributed by atoms with van der Waals surface area (Å²) in [5, 5.41) is 0.891. The SMILES string of the molecule is Cc1ccc2c(CC(=O)NNC(=O)c3ccccn3)coc2c1. The molecule has 0 aliphatic carbocycles. The molecule has 3 rings (SSSR count). The molecule has 0 radical (unpaired) electrons. The van der Waals surface area contributed by atoms with Gasteiger partial charge >= 0.3 is 0 Å². The van der Waals surface area contributed by atoms with Gasteiger partial charge in [0, 0.05) is 17.1 Å². The fourth-order valence-electron chi connectivity index (χ4n) is 2.23. The Morgan fingerprint density at radius 2 is 2.04 bits per heavy atom. The molecule has 23 heavy (non-hydrogen) atoms. The number of nitrogens with zero attached hydrogens (tertiary/aromatic N) is 1. The molecule has 0 bridgehead atoms. The van der Waals surface area contributed by atoms with E-state index >= 15 is 0 Å². The van der Waals surface area contributed by atoms with Crippen LogP contribution in [0.4, 0.5) is 0 Å². The minimum atomic E-state index is -0.466. The first-order chi connectivity index (χ1) is 11.1. The Morgan fingerprint density at radius 1 is 1.17 bits per heavy atom. The third-order valence-electron chi connectivity index (χ3n) is 3.38. The first kappa shape index (κ1) is 14.8. The summed E-state index contributed by atoms with van der Waals surface area (Å²) in [7, 11) is 0. The summed E-state index contributed by atoms with van der Waals surface area (Å²) in [6.07, 6.45) is 3.18. The molecular formula is C17H15N3O3. The molecule has 2 heterocycles. The highest BCUT2D eigenvalue weighted by Crippen LogP contribution is 2.22.